The molecule has 1 aromatic carbocycles. The number of carbonyl (C=O) groups excluding carboxylic acids is 2. The quantitative estimate of drug-likeness (QED) is 0.642. The minimum Gasteiger partial charge on any atom is -0.347 e. The molecule has 2 heterocycles. The summed E-state index contributed by atoms with van der Waals surface area (Å²) in [4.78, 5) is 31.9. The molecule has 2 amide bonds. The molecule has 3 aromatic rings. The van der Waals surface area contributed by atoms with Crippen molar-refractivity contribution >= 4 is 17.5 Å². The first-order valence-electron chi connectivity index (χ1n) is 8.27. The summed E-state index contributed by atoms with van der Waals surface area (Å²) in [7, 11) is 0. The highest BCUT2D eigenvalue weighted by Crippen LogP contribution is 2.13. The summed E-state index contributed by atoms with van der Waals surface area (Å²) >= 11 is 0. The maximum Gasteiger partial charge on any atom is 0.243 e. The zero-order valence-corrected chi connectivity index (χ0v) is 14.5. The molecule has 2 N–H and O–H groups in total. The molecular weight excluding hydrogens is 372 g/mol. The highest BCUT2D eigenvalue weighted by molar-refractivity contribution is 5.94. The fourth-order valence-corrected chi connectivity index (χ4v) is 2.22. The van der Waals surface area contributed by atoms with Gasteiger partial charge in [0, 0.05) is 30.8 Å². The number of carbonyl (C=O) groups is 2. The molecule has 0 saturated carbocycles. The number of hydrogen-bond donors (Lipinski definition) is 2. The molecule has 8 nitrogen and oxygen atoms in total. The zero-order valence-electron chi connectivity index (χ0n) is 14.5. The highest BCUT2D eigenvalue weighted by Gasteiger charge is 2.12. The monoisotopic (exact) mass is 387 g/mol. The number of nitrogens with zero attached hydrogens (tertiary/aromatic N) is 3. The fraction of sp³-hybridized carbons (Fsp3) is 0.167. The molecule has 0 aliphatic heterocycles. The van der Waals surface area contributed by atoms with Gasteiger partial charge >= 0.3 is 0 Å². The van der Waals surface area contributed by atoms with Gasteiger partial charge in [-0.05, 0) is 24.3 Å². The first-order chi connectivity index (χ1) is 13.5. The number of halogens is 2. The van der Waals surface area contributed by atoms with E-state index in [1.54, 1.807) is 24.4 Å². The number of rotatable bonds is 7. The van der Waals surface area contributed by atoms with Crippen molar-refractivity contribution in [2.75, 3.05) is 11.9 Å². The van der Waals surface area contributed by atoms with E-state index in [4.69, 9.17) is 4.52 Å². The van der Waals surface area contributed by atoms with Crippen molar-refractivity contribution in [2.45, 2.75) is 12.8 Å². The van der Waals surface area contributed by atoms with Gasteiger partial charge in [0.15, 0.2) is 11.6 Å². The van der Waals surface area contributed by atoms with Crippen LogP contribution >= 0.6 is 0 Å². The van der Waals surface area contributed by atoms with Crippen molar-refractivity contribution in [1.29, 1.82) is 0 Å². The summed E-state index contributed by atoms with van der Waals surface area (Å²) in [5.74, 6) is -2.48. The molecule has 0 bridgehead atoms. The molecular formula is C18H15F2N5O3. The molecule has 3 rings (SSSR count). The van der Waals surface area contributed by atoms with Gasteiger partial charge in [-0.1, -0.05) is 11.2 Å². The lowest BCUT2D eigenvalue weighted by atomic mass is 10.3. The Morgan fingerprint density at radius 3 is 2.68 bits per heavy atom. The summed E-state index contributed by atoms with van der Waals surface area (Å²) < 4.78 is 31.0. The van der Waals surface area contributed by atoms with Gasteiger partial charge in [-0.3, -0.25) is 14.6 Å². The van der Waals surface area contributed by atoms with E-state index in [9.17, 15) is 18.4 Å². The van der Waals surface area contributed by atoms with Crippen LogP contribution in [0.2, 0.25) is 0 Å². The van der Waals surface area contributed by atoms with Crippen LogP contribution in [0.15, 0.2) is 47.1 Å². The van der Waals surface area contributed by atoms with E-state index < -0.39 is 23.4 Å². The third kappa shape index (κ3) is 5.16. The molecule has 144 valence electrons. The highest BCUT2D eigenvalue weighted by atomic mass is 19.2. The topological polar surface area (TPSA) is 110 Å². The molecule has 2 aromatic heterocycles. The molecule has 0 saturated heterocycles. The molecule has 0 aliphatic carbocycles. The largest absolute Gasteiger partial charge is 0.347 e. The SMILES string of the molecule is O=C(CCc1nc(-c2ccccn2)no1)NCC(=O)Nc1ccc(F)c(F)c1. The lowest BCUT2D eigenvalue weighted by molar-refractivity contribution is -0.124. The van der Waals surface area contributed by atoms with E-state index in [1.165, 1.54) is 6.07 Å². The summed E-state index contributed by atoms with van der Waals surface area (Å²) in [5, 5.41) is 8.57. The van der Waals surface area contributed by atoms with E-state index >= 15 is 0 Å². The molecule has 0 atom stereocenters. The molecule has 0 unspecified atom stereocenters. The summed E-state index contributed by atoms with van der Waals surface area (Å²) in [6.45, 7) is -0.319. The van der Waals surface area contributed by atoms with E-state index in [0.717, 1.165) is 12.1 Å². The van der Waals surface area contributed by atoms with E-state index in [2.05, 4.69) is 25.8 Å². The molecule has 28 heavy (non-hydrogen) atoms. The van der Waals surface area contributed by atoms with Crippen LogP contribution in [0.25, 0.3) is 11.5 Å². The Kier molecular flexibility index (Phi) is 6.00. The summed E-state index contributed by atoms with van der Waals surface area (Å²) in [5.41, 5.74) is 0.641. The van der Waals surface area contributed by atoms with Gasteiger partial charge < -0.3 is 15.2 Å². The molecule has 0 fully saturated rings. The van der Waals surface area contributed by atoms with Crippen LogP contribution in [0.5, 0.6) is 0 Å². The summed E-state index contributed by atoms with van der Waals surface area (Å²) in [6, 6.07) is 8.24. The number of benzene rings is 1. The predicted octanol–water partition coefficient (Wildman–Crippen LogP) is 2.10. The van der Waals surface area contributed by atoms with Gasteiger partial charge in [0.2, 0.25) is 23.5 Å². The first-order valence-corrected chi connectivity index (χ1v) is 8.27. The number of anilines is 1. The Bertz CT molecular complexity index is 978. The van der Waals surface area contributed by atoms with Crippen molar-refractivity contribution in [3.8, 4) is 11.5 Å². The number of hydrogen-bond acceptors (Lipinski definition) is 6. The third-order valence-corrected chi connectivity index (χ3v) is 3.58. The molecule has 0 radical (unpaired) electrons. The smallest absolute Gasteiger partial charge is 0.243 e. The fourth-order valence-electron chi connectivity index (χ4n) is 2.22. The maximum atomic E-state index is 13.1. The van der Waals surface area contributed by atoms with Gasteiger partial charge in [0.05, 0.1) is 6.54 Å². The lowest BCUT2D eigenvalue weighted by Gasteiger charge is -2.07. The Hall–Kier alpha value is -3.69. The van der Waals surface area contributed by atoms with Crippen molar-refractivity contribution in [3.05, 3.63) is 60.1 Å². The van der Waals surface area contributed by atoms with Crippen LogP contribution in [-0.2, 0) is 16.0 Å². The van der Waals surface area contributed by atoms with Gasteiger partial charge in [-0.2, -0.15) is 4.98 Å². The van der Waals surface area contributed by atoms with Gasteiger partial charge in [0.1, 0.15) is 5.69 Å². The second-order valence-corrected chi connectivity index (χ2v) is 5.68. The van der Waals surface area contributed by atoms with E-state index in [-0.39, 0.29) is 31.0 Å². The predicted molar refractivity (Wildman–Crippen MR) is 93.8 cm³/mol. The van der Waals surface area contributed by atoms with Crippen LogP contribution < -0.4 is 10.6 Å². The standard InChI is InChI=1S/C18H15F2N5O3/c19-12-5-4-11(9-13(12)20)23-16(27)10-22-15(26)6-7-17-24-18(25-28-17)14-3-1-2-8-21-14/h1-5,8-9H,6-7,10H2,(H,22,26)(H,23,27). The van der Waals surface area contributed by atoms with Crippen molar-refractivity contribution < 1.29 is 22.9 Å². The van der Waals surface area contributed by atoms with Crippen LogP contribution in [0.4, 0.5) is 14.5 Å². The zero-order chi connectivity index (χ0) is 19.9. The minimum absolute atomic E-state index is 0.0301. The molecule has 0 aliphatic rings. The summed E-state index contributed by atoms with van der Waals surface area (Å²) in [6.07, 6.45) is 1.82. The van der Waals surface area contributed by atoms with Crippen LogP contribution in [-0.4, -0.2) is 33.5 Å². The second-order valence-electron chi connectivity index (χ2n) is 5.68. The molecule has 0 spiro atoms. The van der Waals surface area contributed by atoms with Gasteiger partial charge in [0.25, 0.3) is 0 Å². The normalized spacial score (nSPS) is 10.5. The number of nitrogens with one attached hydrogen (secondary N) is 2. The Labute approximate surface area is 158 Å². The molecule has 10 heteroatoms. The van der Waals surface area contributed by atoms with Crippen LogP contribution in [0, 0.1) is 11.6 Å². The number of pyridine rings is 1. The first kappa shape index (κ1) is 19.1. The lowest BCUT2D eigenvalue weighted by Crippen LogP contribution is -2.33. The van der Waals surface area contributed by atoms with Crippen LogP contribution in [0.1, 0.15) is 12.3 Å². The number of aromatic nitrogens is 3. The average molecular weight is 387 g/mol. The van der Waals surface area contributed by atoms with Gasteiger partial charge in [-0.25, -0.2) is 8.78 Å². The Morgan fingerprint density at radius 1 is 1.07 bits per heavy atom. The van der Waals surface area contributed by atoms with Crippen molar-refractivity contribution in [2.24, 2.45) is 0 Å². The number of amides is 2. The van der Waals surface area contributed by atoms with Crippen molar-refractivity contribution in [3.63, 3.8) is 0 Å². The number of aryl methyl sites for hydroxylation is 1. The minimum atomic E-state index is -1.08. The van der Waals surface area contributed by atoms with Gasteiger partial charge in [-0.15, -0.1) is 0 Å². The van der Waals surface area contributed by atoms with Crippen LogP contribution in [0.3, 0.4) is 0 Å². The Balaban J connectivity index is 1.42. The van der Waals surface area contributed by atoms with E-state index in [1.807, 2.05) is 0 Å². The second kappa shape index (κ2) is 8.80. The average Bonchev–Trinajstić information content (AvgIpc) is 3.17. The third-order valence-electron chi connectivity index (χ3n) is 3.58. The maximum absolute atomic E-state index is 13.1. The van der Waals surface area contributed by atoms with Crippen molar-refractivity contribution in [1.82, 2.24) is 20.4 Å². The Morgan fingerprint density at radius 2 is 1.93 bits per heavy atom. The van der Waals surface area contributed by atoms with E-state index in [0.29, 0.717) is 11.5 Å².